The zero-order valence-corrected chi connectivity index (χ0v) is 10.2. The highest BCUT2D eigenvalue weighted by atomic mass is 35.5. The Bertz CT molecular complexity index is 322. The van der Waals surface area contributed by atoms with E-state index in [0.29, 0.717) is 11.2 Å². The molecule has 1 fully saturated rings. The predicted molar refractivity (Wildman–Crippen MR) is 64.6 cm³/mol. The van der Waals surface area contributed by atoms with Gasteiger partial charge in [0, 0.05) is 24.9 Å². The highest BCUT2D eigenvalue weighted by Gasteiger charge is 2.16. The van der Waals surface area contributed by atoms with Crippen LogP contribution < -0.4 is 5.32 Å². The molecule has 1 aromatic heterocycles. The number of hydrogen-bond acceptors (Lipinski definition) is 3. The zero-order valence-electron chi connectivity index (χ0n) is 9.45. The monoisotopic (exact) mass is 240 g/mol. The van der Waals surface area contributed by atoms with Crippen LogP contribution in [0.4, 0.5) is 0 Å². The average Bonchev–Trinajstić information content (AvgIpc) is 2.31. The molecular weight excluding hydrogens is 224 g/mol. The average molecular weight is 241 g/mol. The first-order valence-electron chi connectivity index (χ1n) is 5.71. The van der Waals surface area contributed by atoms with Gasteiger partial charge in [0.15, 0.2) is 0 Å². The third-order valence-electron chi connectivity index (χ3n) is 2.90. The van der Waals surface area contributed by atoms with Gasteiger partial charge in [0.2, 0.25) is 0 Å². The fraction of sp³-hybridized carbons (Fsp3) is 0.583. The first-order chi connectivity index (χ1) is 7.75. The highest BCUT2D eigenvalue weighted by molar-refractivity contribution is 6.29. The lowest BCUT2D eigenvalue weighted by molar-refractivity contribution is 0.0671. The van der Waals surface area contributed by atoms with Crippen molar-refractivity contribution in [1.29, 1.82) is 0 Å². The van der Waals surface area contributed by atoms with E-state index in [1.807, 2.05) is 18.3 Å². The maximum atomic E-state index is 5.76. The van der Waals surface area contributed by atoms with Crippen LogP contribution >= 0.6 is 11.6 Å². The van der Waals surface area contributed by atoms with E-state index in [2.05, 4.69) is 17.2 Å². The van der Waals surface area contributed by atoms with Gasteiger partial charge >= 0.3 is 0 Å². The molecule has 0 amide bonds. The number of aromatic nitrogens is 1. The predicted octanol–water partition coefficient (Wildman–Crippen LogP) is 2.56. The minimum atomic E-state index is 0.288. The second-order valence-electron chi connectivity index (χ2n) is 4.22. The van der Waals surface area contributed by atoms with Crippen molar-refractivity contribution in [3.8, 4) is 0 Å². The molecule has 0 radical (unpaired) electrons. The topological polar surface area (TPSA) is 34.1 Å². The summed E-state index contributed by atoms with van der Waals surface area (Å²) in [6, 6.07) is 4.58. The molecule has 1 aliphatic heterocycles. The van der Waals surface area contributed by atoms with Crippen LogP contribution in [0.2, 0.25) is 5.15 Å². The van der Waals surface area contributed by atoms with Gasteiger partial charge in [-0.1, -0.05) is 17.7 Å². The van der Waals surface area contributed by atoms with E-state index in [-0.39, 0.29) is 6.04 Å². The SMILES string of the molecule is CC(NC1CCCOC1)c1ccc(Cl)nc1. The highest BCUT2D eigenvalue weighted by Crippen LogP contribution is 2.16. The lowest BCUT2D eigenvalue weighted by Gasteiger charge is -2.26. The standard InChI is InChI=1S/C12H17ClN2O/c1-9(10-4-5-12(13)14-7-10)15-11-3-2-6-16-8-11/h4-5,7,9,11,15H,2-3,6,8H2,1H3. The molecule has 0 bridgehead atoms. The van der Waals surface area contributed by atoms with Gasteiger partial charge in [0.05, 0.1) is 6.61 Å². The molecule has 2 rings (SSSR count). The first-order valence-corrected chi connectivity index (χ1v) is 6.09. The molecule has 0 aliphatic carbocycles. The number of nitrogens with one attached hydrogen (secondary N) is 1. The normalized spacial score (nSPS) is 23.0. The summed E-state index contributed by atoms with van der Waals surface area (Å²) in [5.74, 6) is 0. The Morgan fingerprint density at radius 2 is 2.44 bits per heavy atom. The van der Waals surface area contributed by atoms with Crippen molar-refractivity contribution in [3.05, 3.63) is 29.0 Å². The van der Waals surface area contributed by atoms with Gasteiger partial charge in [-0.15, -0.1) is 0 Å². The number of rotatable bonds is 3. The van der Waals surface area contributed by atoms with Gasteiger partial charge in [-0.2, -0.15) is 0 Å². The van der Waals surface area contributed by atoms with Gasteiger partial charge < -0.3 is 10.1 Å². The van der Waals surface area contributed by atoms with E-state index in [9.17, 15) is 0 Å². The van der Waals surface area contributed by atoms with Crippen molar-refractivity contribution < 1.29 is 4.74 Å². The minimum absolute atomic E-state index is 0.288. The maximum Gasteiger partial charge on any atom is 0.129 e. The van der Waals surface area contributed by atoms with Crippen LogP contribution in [0.15, 0.2) is 18.3 Å². The lowest BCUT2D eigenvalue weighted by atomic mass is 10.1. The molecule has 1 aliphatic rings. The summed E-state index contributed by atoms with van der Waals surface area (Å²) < 4.78 is 5.44. The van der Waals surface area contributed by atoms with Crippen molar-refractivity contribution in [2.75, 3.05) is 13.2 Å². The molecular formula is C12H17ClN2O. The van der Waals surface area contributed by atoms with Gasteiger partial charge in [-0.05, 0) is 31.4 Å². The Hall–Kier alpha value is -0.640. The van der Waals surface area contributed by atoms with Crippen LogP contribution in [0, 0.1) is 0 Å². The number of ether oxygens (including phenoxy) is 1. The Labute approximate surface area is 101 Å². The summed E-state index contributed by atoms with van der Waals surface area (Å²) in [7, 11) is 0. The molecule has 2 heterocycles. The smallest absolute Gasteiger partial charge is 0.129 e. The summed E-state index contributed by atoms with van der Waals surface area (Å²) in [6.45, 7) is 3.85. The summed E-state index contributed by atoms with van der Waals surface area (Å²) in [6.07, 6.45) is 4.15. The molecule has 4 heteroatoms. The summed E-state index contributed by atoms with van der Waals surface area (Å²) >= 11 is 5.76. The third kappa shape index (κ3) is 3.17. The van der Waals surface area contributed by atoms with Gasteiger partial charge in [0.25, 0.3) is 0 Å². The van der Waals surface area contributed by atoms with Crippen molar-refractivity contribution in [1.82, 2.24) is 10.3 Å². The van der Waals surface area contributed by atoms with Crippen molar-refractivity contribution in [3.63, 3.8) is 0 Å². The molecule has 0 aromatic carbocycles. The Morgan fingerprint density at radius 1 is 1.56 bits per heavy atom. The van der Waals surface area contributed by atoms with Crippen molar-refractivity contribution >= 4 is 11.6 Å². The van der Waals surface area contributed by atoms with Gasteiger partial charge in [-0.3, -0.25) is 0 Å². The first kappa shape index (κ1) is 11.8. The van der Waals surface area contributed by atoms with E-state index in [1.165, 1.54) is 6.42 Å². The molecule has 16 heavy (non-hydrogen) atoms. The fourth-order valence-electron chi connectivity index (χ4n) is 1.97. The second kappa shape index (κ2) is 5.62. The van der Waals surface area contributed by atoms with Gasteiger partial charge in [-0.25, -0.2) is 4.98 Å². The third-order valence-corrected chi connectivity index (χ3v) is 3.12. The van der Waals surface area contributed by atoms with Crippen LogP contribution in [-0.4, -0.2) is 24.2 Å². The van der Waals surface area contributed by atoms with E-state index in [0.717, 1.165) is 25.2 Å². The second-order valence-corrected chi connectivity index (χ2v) is 4.60. The molecule has 0 saturated carbocycles. The van der Waals surface area contributed by atoms with E-state index in [4.69, 9.17) is 16.3 Å². The van der Waals surface area contributed by atoms with Crippen LogP contribution in [0.5, 0.6) is 0 Å². The number of nitrogens with zero attached hydrogens (tertiary/aromatic N) is 1. The molecule has 1 saturated heterocycles. The van der Waals surface area contributed by atoms with Gasteiger partial charge in [0.1, 0.15) is 5.15 Å². The number of pyridine rings is 1. The largest absolute Gasteiger partial charge is 0.380 e. The van der Waals surface area contributed by atoms with Crippen LogP contribution in [0.25, 0.3) is 0 Å². The lowest BCUT2D eigenvalue weighted by Crippen LogP contribution is -2.38. The fourth-order valence-corrected chi connectivity index (χ4v) is 2.08. The van der Waals surface area contributed by atoms with E-state index in [1.54, 1.807) is 0 Å². The zero-order chi connectivity index (χ0) is 11.4. The molecule has 2 atom stereocenters. The quantitative estimate of drug-likeness (QED) is 0.825. The van der Waals surface area contributed by atoms with E-state index >= 15 is 0 Å². The molecule has 1 N–H and O–H groups in total. The molecule has 3 nitrogen and oxygen atoms in total. The minimum Gasteiger partial charge on any atom is -0.380 e. The molecule has 88 valence electrons. The van der Waals surface area contributed by atoms with Crippen LogP contribution in [0.1, 0.15) is 31.4 Å². The Morgan fingerprint density at radius 3 is 3.06 bits per heavy atom. The molecule has 2 unspecified atom stereocenters. The summed E-state index contributed by atoms with van der Waals surface area (Å²) in [5.41, 5.74) is 1.16. The maximum absolute atomic E-state index is 5.76. The van der Waals surface area contributed by atoms with E-state index < -0.39 is 0 Å². The summed E-state index contributed by atoms with van der Waals surface area (Å²) in [5, 5.41) is 4.09. The number of hydrogen-bond donors (Lipinski definition) is 1. The van der Waals surface area contributed by atoms with Crippen LogP contribution in [-0.2, 0) is 4.74 Å². The summed E-state index contributed by atoms with van der Waals surface area (Å²) in [4.78, 5) is 4.09. The van der Waals surface area contributed by atoms with Crippen molar-refractivity contribution in [2.45, 2.75) is 31.8 Å². The Balaban J connectivity index is 1.91. The molecule has 0 spiro atoms. The number of halogens is 1. The Kier molecular flexibility index (Phi) is 4.16. The molecule has 1 aromatic rings. The van der Waals surface area contributed by atoms with Crippen LogP contribution in [0.3, 0.4) is 0 Å². The van der Waals surface area contributed by atoms with Crippen molar-refractivity contribution in [2.24, 2.45) is 0 Å².